The van der Waals surface area contributed by atoms with Crippen molar-refractivity contribution in [1.82, 2.24) is 0 Å². The van der Waals surface area contributed by atoms with Crippen molar-refractivity contribution in [3.05, 3.63) is 95.1 Å². The lowest BCUT2D eigenvalue weighted by Gasteiger charge is -2.27. The molecule has 3 aromatic rings. The normalized spacial score (nSPS) is 14.9. The molecule has 0 spiro atoms. The van der Waals surface area contributed by atoms with Gasteiger partial charge in [0.05, 0.1) is 0 Å². The summed E-state index contributed by atoms with van der Waals surface area (Å²) in [7, 11) is 0. The maximum Gasteiger partial charge on any atom is 0.412 e. The number of ether oxygens (including phenoxy) is 2. The first kappa shape index (κ1) is 41.0. The third-order valence-corrected chi connectivity index (χ3v) is 8.36. The summed E-state index contributed by atoms with van der Waals surface area (Å²) in [4.78, 5) is 51.4. The molecule has 0 aromatic heterocycles. The Kier molecular flexibility index (Phi) is 12.8. The van der Waals surface area contributed by atoms with Crippen LogP contribution in [0.15, 0.2) is 72.8 Å². The van der Waals surface area contributed by atoms with Crippen molar-refractivity contribution in [1.29, 1.82) is 0 Å². The number of nitrogens with two attached hydrogens (primary N) is 2. The molecule has 0 fully saturated rings. The molecule has 10 nitrogen and oxygen atoms in total. The fourth-order valence-corrected chi connectivity index (χ4v) is 5.39. The molecule has 0 radical (unpaired) electrons. The highest BCUT2D eigenvalue weighted by Crippen LogP contribution is 2.31. The zero-order chi connectivity index (χ0) is 39.1. The number of amides is 2. The first-order valence-corrected chi connectivity index (χ1v) is 17.0. The van der Waals surface area contributed by atoms with Gasteiger partial charge in [0.2, 0.25) is 0 Å². The second kappa shape index (κ2) is 16.3. The maximum absolute atomic E-state index is 13.6. The molecule has 274 valence electrons. The predicted octanol–water partition coefficient (Wildman–Crippen LogP) is 7.48. The van der Waals surface area contributed by atoms with Gasteiger partial charge in [-0.1, -0.05) is 74.2 Å². The number of benzene rings is 3. The van der Waals surface area contributed by atoms with E-state index in [4.69, 9.17) is 33.8 Å². The van der Waals surface area contributed by atoms with Crippen LogP contribution in [0.2, 0.25) is 0 Å². The van der Waals surface area contributed by atoms with E-state index in [0.717, 1.165) is 11.1 Å². The molecule has 0 heterocycles. The summed E-state index contributed by atoms with van der Waals surface area (Å²) in [6, 6.07) is 20.4. The van der Waals surface area contributed by atoms with E-state index in [1.807, 2.05) is 38.1 Å². The minimum Gasteiger partial charge on any atom is -0.444 e. The van der Waals surface area contributed by atoms with Gasteiger partial charge in [0.25, 0.3) is 0 Å². The SMILES string of the molecule is C#CC(N)(C(=O)CC(C)c1ccc(NC(=O)OC(C)(C)C)cc1)c1ccc(C(N)(C#C)C(=O)CC(C)c2ccc(NC(=O)OC(C)(C)C)cc2)cc1. The maximum atomic E-state index is 13.6. The molecular weight excluding hydrogens is 656 g/mol. The van der Waals surface area contributed by atoms with Gasteiger partial charge in [-0.3, -0.25) is 20.2 Å². The van der Waals surface area contributed by atoms with Gasteiger partial charge in [-0.15, -0.1) is 12.8 Å². The number of carbonyl (C=O) groups excluding carboxylic acids is 4. The number of rotatable bonds is 12. The highest BCUT2D eigenvalue weighted by molar-refractivity contribution is 5.95. The molecule has 3 rings (SSSR count). The first-order valence-electron chi connectivity index (χ1n) is 17.0. The molecule has 6 N–H and O–H groups in total. The Morgan fingerprint density at radius 1 is 0.596 bits per heavy atom. The van der Waals surface area contributed by atoms with E-state index in [1.54, 1.807) is 90.1 Å². The van der Waals surface area contributed by atoms with Crippen molar-refractivity contribution >= 4 is 35.1 Å². The summed E-state index contributed by atoms with van der Waals surface area (Å²) in [6.45, 7) is 14.4. The Morgan fingerprint density at radius 3 is 1.13 bits per heavy atom. The van der Waals surface area contributed by atoms with Crippen LogP contribution in [0.3, 0.4) is 0 Å². The lowest BCUT2D eigenvalue weighted by atomic mass is 9.79. The van der Waals surface area contributed by atoms with Crippen LogP contribution in [0.5, 0.6) is 0 Å². The third kappa shape index (κ3) is 10.8. The average molecular weight is 707 g/mol. The molecule has 10 heteroatoms. The van der Waals surface area contributed by atoms with E-state index >= 15 is 0 Å². The summed E-state index contributed by atoms with van der Waals surface area (Å²) in [5.74, 6) is 3.69. The minimum atomic E-state index is -1.75. The Bertz CT molecular complexity index is 1700. The Hall–Kier alpha value is -5.42. The topological polar surface area (TPSA) is 163 Å². The highest BCUT2D eigenvalue weighted by atomic mass is 16.6. The van der Waals surface area contributed by atoms with Gasteiger partial charge in [0, 0.05) is 24.2 Å². The number of nitrogens with one attached hydrogen (secondary N) is 2. The van der Waals surface area contributed by atoms with Crippen LogP contribution in [-0.2, 0) is 30.1 Å². The van der Waals surface area contributed by atoms with Crippen molar-refractivity contribution in [3.63, 3.8) is 0 Å². The van der Waals surface area contributed by atoms with Gasteiger partial charge >= 0.3 is 12.2 Å². The zero-order valence-corrected chi connectivity index (χ0v) is 31.3. The summed E-state index contributed by atoms with van der Waals surface area (Å²) < 4.78 is 10.6. The first-order chi connectivity index (χ1) is 24.1. The zero-order valence-electron chi connectivity index (χ0n) is 31.3. The van der Waals surface area contributed by atoms with Crippen molar-refractivity contribution in [2.24, 2.45) is 11.5 Å². The number of hydrogen-bond donors (Lipinski definition) is 4. The van der Waals surface area contributed by atoms with Gasteiger partial charge in [0.1, 0.15) is 11.2 Å². The predicted molar refractivity (Wildman–Crippen MR) is 205 cm³/mol. The van der Waals surface area contributed by atoms with E-state index in [9.17, 15) is 19.2 Å². The molecule has 4 atom stereocenters. The quantitative estimate of drug-likeness (QED) is 0.141. The molecular formula is C42H50N4O6. The van der Waals surface area contributed by atoms with Gasteiger partial charge in [-0.05, 0) is 99.9 Å². The number of Topliss-reactive ketones (excluding diaryl/α,β-unsaturated/α-hetero) is 2. The Labute approximate surface area is 307 Å². The van der Waals surface area contributed by atoms with Gasteiger partial charge < -0.3 is 20.9 Å². The van der Waals surface area contributed by atoms with E-state index in [2.05, 4.69) is 22.5 Å². The van der Waals surface area contributed by atoms with Gasteiger partial charge in [-0.2, -0.15) is 0 Å². The lowest BCUT2D eigenvalue weighted by molar-refractivity contribution is -0.123. The number of terminal acetylenes is 2. The summed E-state index contributed by atoms with van der Waals surface area (Å²) in [5.41, 5.74) is 11.8. The number of hydrogen-bond acceptors (Lipinski definition) is 8. The molecule has 0 bridgehead atoms. The average Bonchev–Trinajstić information content (AvgIpc) is 3.06. The molecule has 2 amide bonds. The second-order valence-electron chi connectivity index (χ2n) is 15.0. The second-order valence-corrected chi connectivity index (χ2v) is 15.0. The highest BCUT2D eigenvalue weighted by Gasteiger charge is 2.38. The fourth-order valence-electron chi connectivity index (χ4n) is 5.39. The van der Waals surface area contributed by atoms with Gasteiger partial charge in [0.15, 0.2) is 22.6 Å². The summed E-state index contributed by atoms with van der Waals surface area (Å²) in [6.07, 6.45) is 10.6. The van der Waals surface area contributed by atoms with Gasteiger partial charge in [-0.25, -0.2) is 9.59 Å². The fraction of sp³-hybridized carbons (Fsp3) is 0.381. The van der Waals surface area contributed by atoms with Crippen LogP contribution >= 0.6 is 0 Å². The monoisotopic (exact) mass is 706 g/mol. The van der Waals surface area contributed by atoms with Crippen LogP contribution in [-0.4, -0.2) is 35.0 Å². The van der Waals surface area contributed by atoms with Crippen molar-refractivity contribution < 1.29 is 28.7 Å². The molecule has 3 aromatic carbocycles. The van der Waals surface area contributed by atoms with E-state index in [-0.39, 0.29) is 36.2 Å². The Balaban J connectivity index is 1.68. The Morgan fingerprint density at radius 2 is 0.885 bits per heavy atom. The van der Waals surface area contributed by atoms with Crippen LogP contribution in [0.25, 0.3) is 0 Å². The van der Waals surface area contributed by atoms with Crippen LogP contribution in [0.4, 0.5) is 21.0 Å². The van der Waals surface area contributed by atoms with Crippen LogP contribution in [0.1, 0.15) is 102 Å². The van der Waals surface area contributed by atoms with Crippen LogP contribution in [0, 0.1) is 24.7 Å². The number of carbonyl (C=O) groups is 4. The molecule has 0 saturated carbocycles. The molecule has 52 heavy (non-hydrogen) atoms. The molecule has 0 aliphatic rings. The third-order valence-electron chi connectivity index (χ3n) is 8.36. The standard InChI is InChI=1S/C42H50N4O6/c1-11-41(43,35(47)25-27(3)29-13-21-33(22-14-29)45-37(49)51-39(5,6)7)31-17-19-32(20-18-31)42(44,12-2)36(48)26-28(4)30-15-23-34(24-16-30)46-38(50)52-40(8,9)10/h1-2,13-24,27-28H,25-26,43-44H2,3-10H3,(H,45,49)(H,46,50). The van der Waals surface area contributed by atoms with Crippen molar-refractivity contribution in [2.75, 3.05) is 10.6 Å². The number of ketones is 2. The van der Waals surface area contributed by atoms with Crippen molar-refractivity contribution in [3.8, 4) is 24.7 Å². The lowest BCUT2D eigenvalue weighted by Crippen LogP contribution is -2.45. The smallest absolute Gasteiger partial charge is 0.412 e. The van der Waals surface area contributed by atoms with E-state index < -0.39 is 34.5 Å². The summed E-state index contributed by atoms with van der Waals surface area (Å²) >= 11 is 0. The van der Waals surface area contributed by atoms with Crippen molar-refractivity contribution in [2.45, 2.75) is 102 Å². The molecule has 0 aliphatic carbocycles. The van der Waals surface area contributed by atoms with E-state index in [1.165, 1.54) is 0 Å². The minimum absolute atomic E-state index is 0.0426. The summed E-state index contributed by atoms with van der Waals surface area (Å²) in [5, 5.41) is 5.37. The van der Waals surface area contributed by atoms with E-state index in [0.29, 0.717) is 22.5 Å². The molecule has 0 saturated heterocycles. The number of anilines is 2. The molecule has 4 unspecified atom stereocenters. The largest absolute Gasteiger partial charge is 0.444 e. The molecule has 0 aliphatic heterocycles. The van der Waals surface area contributed by atoms with Crippen LogP contribution < -0.4 is 22.1 Å².